The average Bonchev–Trinajstić information content (AvgIpc) is 2.51. The number of rotatable bonds is 2. The highest BCUT2D eigenvalue weighted by Gasteiger charge is 2.16. The standard InChI is InChI=1S/C11H14O2/c1-8(12)7-10-4-2-3-9-5-6-13-11(9)10/h2-4,8,12H,5-7H2,1H3/t8-/m0/s1. The van der Waals surface area contributed by atoms with Gasteiger partial charge in [-0.05, 0) is 18.1 Å². The van der Waals surface area contributed by atoms with Crippen LogP contribution in [0.3, 0.4) is 0 Å². The average molecular weight is 178 g/mol. The minimum absolute atomic E-state index is 0.296. The van der Waals surface area contributed by atoms with Gasteiger partial charge in [-0.25, -0.2) is 0 Å². The Balaban J connectivity index is 2.30. The normalized spacial score (nSPS) is 16.5. The first kappa shape index (κ1) is 8.57. The minimum Gasteiger partial charge on any atom is -0.493 e. The monoisotopic (exact) mass is 178 g/mol. The Morgan fingerprint density at radius 2 is 2.38 bits per heavy atom. The fraction of sp³-hybridized carbons (Fsp3) is 0.455. The molecule has 0 amide bonds. The van der Waals surface area contributed by atoms with Gasteiger partial charge in [0.25, 0.3) is 0 Å². The molecule has 0 radical (unpaired) electrons. The van der Waals surface area contributed by atoms with Gasteiger partial charge in [0.1, 0.15) is 5.75 Å². The zero-order valence-corrected chi connectivity index (χ0v) is 7.79. The second kappa shape index (κ2) is 3.38. The first-order chi connectivity index (χ1) is 6.27. The summed E-state index contributed by atoms with van der Waals surface area (Å²) in [4.78, 5) is 0. The van der Waals surface area contributed by atoms with Crippen LogP contribution in [-0.2, 0) is 12.8 Å². The lowest BCUT2D eigenvalue weighted by Gasteiger charge is -2.09. The number of ether oxygens (including phenoxy) is 1. The summed E-state index contributed by atoms with van der Waals surface area (Å²) in [5, 5.41) is 9.28. The zero-order valence-electron chi connectivity index (χ0n) is 7.79. The van der Waals surface area contributed by atoms with Crippen LogP contribution in [0.5, 0.6) is 5.75 Å². The van der Waals surface area contributed by atoms with Crippen molar-refractivity contribution in [3.05, 3.63) is 29.3 Å². The molecule has 70 valence electrons. The molecule has 13 heavy (non-hydrogen) atoms. The summed E-state index contributed by atoms with van der Waals surface area (Å²) in [5.41, 5.74) is 2.41. The number of para-hydroxylation sites is 1. The van der Waals surface area contributed by atoms with Gasteiger partial charge in [-0.3, -0.25) is 0 Å². The number of benzene rings is 1. The molecule has 1 aliphatic rings. The largest absolute Gasteiger partial charge is 0.493 e. The van der Waals surface area contributed by atoms with Crippen LogP contribution in [-0.4, -0.2) is 17.8 Å². The lowest BCUT2D eigenvalue weighted by atomic mass is 10.0. The van der Waals surface area contributed by atoms with Gasteiger partial charge in [-0.1, -0.05) is 18.2 Å². The third-order valence-corrected chi connectivity index (χ3v) is 2.31. The van der Waals surface area contributed by atoms with E-state index in [4.69, 9.17) is 4.74 Å². The van der Waals surface area contributed by atoms with E-state index in [9.17, 15) is 5.11 Å². The number of aliphatic hydroxyl groups excluding tert-OH is 1. The number of hydrogen-bond donors (Lipinski definition) is 1. The zero-order chi connectivity index (χ0) is 9.26. The van der Waals surface area contributed by atoms with Gasteiger partial charge in [0, 0.05) is 12.8 Å². The molecule has 0 aliphatic carbocycles. The van der Waals surface area contributed by atoms with Gasteiger partial charge >= 0.3 is 0 Å². The van der Waals surface area contributed by atoms with Crippen LogP contribution in [0.4, 0.5) is 0 Å². The maximum Gasteiger partial charge on any atom is 0.125 e. The van der Waals surface area contributed by atoms with Gasteiger partial charge < -0.3 is 9.84 Å². The minimum atomic E-state index is -0.296. The summed E-state index contributed by atoms with van der Waals surface area (Å²) in [6.07, 6.45) is 1.39. The fourth-order valence-corrected chi connectivity index (χ4v) is 1.76. The van der Waals surface area contributed by atoms with Gasteiger partial charge in [0.15, 0.2) is 0 Å². The predicted octanol–water partition coefficient (Wildman–Crippen LogP) is 1.54. The van der Waals surface area contributed by atoms with Crippen molar-refractivity contribution < 1.29 is 9.84 Å². The van der Waals surface area contributed by atoms with E-state index in [2.05, 4.69) is 6.07 Å². The maximum atomic E-state index is 9.28. The third-order valence-electron chi connectivity index (χ3n) is 2.31. The van der Waals surface area contributed by atoms with Gasteiger partial charge in [0.2, 0.25) is 0 Å². The fourth-order valence-electron chi connectivity index (χ4n) is 1.76. The topological polar surface area (TPSA) is 29.5 Å². The van der Waals surface area contributed by atoms with Crippen LogP contribution in [0.15, 0.2) is 18.2 Å². The van der Waals surface area contributed by atoms with Crippen molar-refractivity contribution in [1.29, 1.82) is 0 Å². The molecule has 1 N–H and O–H groups in total. The van der Waals surface area contributed by atoms with Gasteiger partial charge in [-0.15, -0.1) is 0 Å². The Bertz CT molecular complexity index is 305. The van der Waals surface area contributed by atoms with E-state index in [-0.39, 0.29) is 6.10 Å². The van der Waals surface area contributed by atoms with Gasteiger partial charge in [-0.2, -0.15) is 0 Å². The SMILES string of the molecule is C[C@H](O)Cc1cccc2c1OCC2. The molecule has 1 aromatic carbocycles. The lowest BCUT2D eigenvalue weighted by Crippen LogP contribution is -2.05. The lowest BCUT2D eigenvalue weighted by molar-refractivity contribution is 0.194. The Hall–Kier alpha value is -1.02. The van der Waals surface area contributed by atoms with E-state index in [1.165, 1.54) is 5.56 Å². The van der Waals surface area contributed by atoms with E-state index in [0.29, 0.717) is 6.42 Å². The highest BCUT2D eigenvalue weighted by atomic mass is 16.5. The van der Waals surface area contributed by atoms with Crippen LogP contribution >= 0.6 is 0 Å². The Kier molecular flexibility index (Phi) is 2.23. The molecule has 1 aliphatic heterocycles. The Morgan fingerprint density at radius 1 is 1.54 bits per heavy atom. The molecule has 0 spiro atoms. The van der Waals surface area contributed by atoms with Gasteiger partial charge in [0.05, 0.1) is 12.7 Å². The molecule has 2 nitrogen and oxygen atoms in total. The Labute approximate surface area is 78.2 Å². The molecule has 1 atom stereocenters. The van der Waals surface area contributed by atoms with E-state index in [1.54, 1.807) is 6.92 Å². The second-order valence-electron chi connectivity index (χ2n) is 3.56. The Morgan fingerprint density at radius 3 is 3.15 bits per heavy atom. The van der Waals surface area contributed by atoms with E-state index >= 15 is 0 Å². The quantitative estimate of drug-likeness (QED) is 0.744. The molecule has 0 aromatic heterocycles. The molecule has 0 saturated carbocycles. The summed E-state index contributed by atoms with van der Waals surface area (Å²) >= 11 is 0. The van der Waals surface area contributed by atoms with Crippen molar-refractivity contribution >= 4 is 0 Å². The highest BCUT2D eigenvalue weighted by molar-refractivity contribution is 5.44. The predicted molar refractivity (Wildman–Crippen MR) is 51.0 cm³/mol. The van der Waals surface area contributed by atoms with E-state index in [0.717, 1.165) is 24.3 Å². The molecular formula is C11H14O2. The van der Waals surface area contributed by atoms with Crippen molar-refractivity contribution in [2.24, 2.45) is 0 Å². The molecule has 0 saturated heterocycles. The summed E-state index contributed by atoms with van der Waals surface area (Å²) in [6, 6.07) is 6.15. The molecule has 2 heteroatoms. The number of hydrogen-bond acceptors (Lipinski definition) is 2. The van der Waals surface area contributed by atoms with Crippen molar-refractivity contribution in [3.63, 3.8) is 0 Å². The summed E-state index contributed by atoms with van der Waals surface area (Å²) in [5.74, 6) is 1.00. The van der Waals surface area contributed by atoms with Crippen molar-refractivity contribution in [3.8, 4) is 5.75 Å². The summed E-state index contributed by atoms with van der Waals surface area (Å²) in [7, 11) is 0. The third kappa shape index (κ3) is 1.68. The van der Waals surface area contributed by atoms with Crippen LogP contribution in [0, 0.1) is 0 Å². The first-order valence-corrected chi connectivity index (χ1v) is 4.69. The molecule has 1 aromatic rings. The van der Waals surface area contributed by atoms with Crippen molar-refractivity contribution in [2.45, 2.75) is 25.9 Å². The maximum absolute atomic E-state index is 9.28. The number of fused-ring (bicyclic) bond motifs is 1. The number of aliphatic hydroxyl groups is 1. The van der Waals surface area contributed by atoms with E-state index < -0.39 is 0 Å². The molecule has 2 rings (SSSR count). The van der Waals surface area contributed by atoms with Crippen LogP contribution in [0.1, 0.15) is 18.1 Å². The van der Waals surface area contributed by atoms with Crippen LogP contribution in [0.25, 0.3) is 0 Å². The second-order valence-corrected chi connectivity index (χ2v) is 3.56. The molecule has 0 unspecified atom stereocenters. The van der Waals surface area contributed by atoms with E-state index in [1.807, 2.05) is 12.1 Å². The highest BCUT2D eigenvalue weighted by Crippen LogP contribution is 2.29. The molecule has 0 bridgehead atoms. The molecule has 0 fully saturated rings. The van der Waals surface area contributed by atoms with Crippen LogP contribution < -0.4 is 4.74 Å². The van der Waals surface area contributed by atoms with Crippen molar-refractivity contribution in [1.82, 2.24) is 0 Å². The molecule has 1 heterocycles. The first-order valence-electron chi connectivity index (χ1n) is 4.69. The molecular weight excluding hydrogens is 164 g/mol. The summed E-state index contributed by atoms with van der Waals surface area (Å²) < 4.78 is 5.52. The smallest absolute Gasteiger partial charge is 0.125 e. The van der Waals surface area contributed by atoms with Crippen molar-refractivity contribution in [2.75, 3.05) is 6.61 Å². The van der Waals surface area contributed by atoms with Crippen LogP contribution in [0.2, 0.25) is 0 Å². The summed E-state index contributed by atoms with van der Waals surface area (Å²) in [6.45, 7) is 2.58.